The number of rotatable bonds is 16. The molecule has 0 aliphatic heterocycles. The first-order chi connectivity index (χ1) is 29.8. The molecule has 2 aliphatic rings. The van der Waals surface area contributed by atoms with Gasteiger partial charge in [0, 0.05) is 22.3 Å². The highest BCUT2D eigenvalue weighted by Crippen LogP contribution is 2.39. The molecule has 6 aromatic rings. The molecular formula is C50H46N4O6S. The Labute approximate surface area is 356 Å². The molecule has 0 spiro atoms. The van der Waals surface area contributed by atoms with Gasteiger partial charge in [0.2, 0.25) is 9.84 Å². The van der Waals surface area contributed by atoms with Gasteiger partial charge in [-0.2, -0.15) is 10.2 Å². The van der Waals surface area contributed by atoms with E-state index >= 15 is 0 Å². The summed E-state index contributed by atoms with van der Waals surface area (Å²) in [7, 11) is -3.84. The van der Waals surface area contributed by atoms with Crippen LogP contribution in [0.3, 0.4) is 0 Å². The van der Waals surface area contributed by atoms with E-state index < -0.39 is 9.84 Å². The van der Waals surface area contributed by atoms with Crippen molar-refractivity contribution in [1.82, 2.24) is 0 Å². The minimum atomic E-state index is -3.84. The van der Waals surface area contributed by atoms with Gasteiger partial charge in [-0.25, -0.2) is 18.0 Å². The van der Waals surface area contributed by atoms with Crippen LogP contribution in [0.4, 0.5) is 11.4 Å². The first-order valence-electron chi connectivity index (χ1n) is 20.7. The minimum Gasteiger partial charge on any atom is -0.462 e. The Hall–Kier alpha value is -6.85. The monoisotopic (exact) mass is 830 g/mol. The fraction of sp³-hybridized carbons (Fsp3) is 0.200. The topological polar surface area (TPSA) is 136 Å². The van der Waals surface area contributed by atoms with Crippen LogP contribution in [-0.2, 0) is 19.3 Å². The molecule has 2 aliphatic carbocycles. The molecular weight excluding hydrogens is 785 g/mol. The summed E-state index contributed by atoms with van der Waals surface area (Å²) in [5.74, 6) is -0.687. The van der Waals surface area contributed by atoms with E-state index in [4.69, 9.17) is 19.7 Å². The number of fused-ring (bicyclic) bond motifs is 6. The Bertz CT molecular complexity index is 2590. The first-order valence-corrected chi connectivity index (χ1v) is 22.2. The molecule has 0 bridgehead atoms. The number of carbonyl (C=O) groups excluding carboxylic acids is 2. The van der Waals surface area contributed by atoms with Gasteiger partial charge in [-0.05, 0) is 108 Å². The number of nitrogens with zero attached hydrogens (tertiary/aromatic N) is 2. The second kappa shape index (κ2) is 18.2. The molecule has 2 N–H and O–H groups in total. The van der Waals surface area contributed by atoms with Crippen LogP contribution in [0.2, 0.25) is 0 Å². The summed E-state index contributed by atoms with van der Waals surface area (Å²) in [4.78, 5) is 25.8. The molecule has 0 atom stereocenters. The molecule has 0 fully saturated rings. The quantitative estimate of drug-likeness (QED) is 0.0558. The van der Waals surface area contributed by atoms with E-state index in [9.17, 15) is 18.0 Å². The van der Waals surface area contributed by atoms with E-state index in [-0.39, 0.29) is 21.7 Å². The number of hydrogen-bond acceptors (Lipinski definition) is 10. The molecule has 0 heterocycles. The summed E-state index contributed by atoms with van der Waals surface area (Å²) in [5, 5.41) is 9.48. The SMILES string of the molecule is CCCCCOC(=O)c1ccc2c(c1)-c1ccccc1C2=NNc1ccc(S(=O)(=O)c2ccc(NN=C3c4ccccc4-c4cc(C(=O)OCCCCC)ccc43)cc2)cc1. The van der Waals surface area contributed by atoms with Crippen LogP contribution in [0.25, 0.3) is 22.3 Å². The van der Waals surface area contributed by atoms with Crippen molar-refractivity contribution in [3.05, 3.63) is 167 Å². The predicted octanol–water partition coefficient (Wildman–Crippen LogP) is 10.9. The van der Waals surface area contributed by atoms with Gasteiger partial charge in [0.05, 0.1) is 56.9 Å². The van der Waals surface area contributed by atoms with Crippen molar-refractivity contribution in [3.63, 3.8) is 0 Å². The normalized spacial score (nSPS) is 13.6. The van der Waals surface area contributed by atoms with Gasteiger partial charge < -0.3 is 9.47 Å². The molecule has 0 radical (unpaired) electrons. The Morgan fingerprint density at radius 2 is 0.852 bits per heavy atom. The fourth-order valence-corrected chi connectivity index (χ4v) is 8.84. The maximum Gasteiger partial charge on any atom is 0.338 e. The number of benzene rings is 6. The van der Waals surface area contributed by atoms with Crippen molar-refractivity contribution in [2.45, 2.75) is 62.2 Å². The standard InChI is InChI=1S/C50H46N4O6S/c1-3-5-11-29-59-49(55)33-17-27-43-45(31-33)39-13-7-9-15-41(39)47(43)53-51-35-19-23-37(24-20-35)61(57,58)38-25-21-36(22-26-38)52-54-48-42-16-10-8-14-40(42)46-32-34(18-28-44(46)48)50(56)60-30-12-6-4-2/h7-10,13-28,31-32,51-52H,3-6,11-12,29-30H2,1-2H3. The smallest absolute Gasteiger partial charge is 0.338 e. The van der Waals surface area contributed by atoms with Crippen LogP contribution in [0.1, 0.15) is 95.3 Å². The molecule has 11 heteroatoms. The number of sulfone groups is 1. The largest absolute Gasteiger partial charge is 0.462 e. The summed E-state index contributed by atoms with van der Waals surface area (Å²) >= 11 is 0. The lowest BCUT2D eigenvalue weighted by Gasteiger charge is -2.09. The Balaban J connectivity index is 0.943. The maximum atomic E-state index is 13.7. The van der Waals surface area contributed by atoms with Gasteiger partial charge in [-0.3, -0.25) is 10.9 Å². The zero-order chi connectivity index (χ0) is 42.3. The van der Waals surface area contributed by atoms with Gasteiger partial charge in [0.25, 0.3) is 0 Å². The van der Waals surface area contributed by atoms with E-state index in [0.29, 0.717) is 35.7 Å². The van der Waals surface area contributed by atoms with Crippen LogP contribution in [0, 0.1) is 0 Å². The minimum absolute atomic E-state index is 0.140. The van der Waals surface area contributed by atoms with Gasteiger partial charge >= 0.3 is 11.9 Å². The molecule has 6 aromatic carbocycles. The molecule has 0 amide bonds. The lowest BCUT2D eigenvalue weighted by molar-refractivity contribution is 0.0489. The number of esters is 2. The van der Waals surface area contributed by atoms with Crippen LogP contribution in [0.15, 0.2) is 153 Å². The van der Waals surface area contributed by atoms with E-state index in [1.165, 1.54) is 0 Å². The van der Waals surface area contributed by atoms with Crippen LogP contribution in [-0.4, -0.2) is 45.0 Å². The summed E-state index contributed by atoms with van der Waals surface area (Å²) in [6, 6.07) is 39.7. The van der Waals surface area contributed by atoms with Crippen LogP contribution in [0.5, 0.6) is 0 Å². The van der Waals surface area contributed by atoms with E-state index in [1.807, 2.05) is 72.8 Å². The number of carbonyl (C=O) groups is 2. The number of anilines is 2. The van der Waals surface area contributed by atoms with Gasteiger partial charge in [-0.1, -0.05) is 100 Å². The average molecular weight is 831 g/mol. The summed E-state index contributed by atoms with van der Waals surface area (Å²) in [6.45, 7) is 5.01. The Morgan fingerprint density at radius 1 is 0.475 bits per heavy atom. The maximum absolute atomic E-state index is 13.7. The molecule has 10 nitrogen and oxygen atoms in total. The zero-order valence-corrected chi connectivity index (χ0v) is 34.9. The second-order valence-corrected chi connectivity index (χ2v) is 16.9. The third-order valence-corrected chi connectivity index (χ3v) is 12.6. The van der Waals surface area contributed by atoms with Crippen molar-refractivity contribution < 1.29 is 27.5 Å². The highest BCUT2D eigenvalue weighted by molar-refractivity contribution is 7.91. The predicted molar refractivity (Wildman–Crippen MR) is 240 cm³/mol. The van der Waals surface area contributed by atoms with Crippen LogP contribution < -0.4 is 10.9 Å². The average Bonchev–Trinajstić information content (AvgIpc) is 3.79. The summed E-state index contributed by atoms with van der Waals surface area (Å²) in [5.41, 5.74) is 17.2. The van der Waals surface area contributed by atoms with Crippen molar-refractivity contribution in [1.29, 1.82) is 0 Å². The van der Waals surface area contributed by atoms with Gasteiger partial charge in [0.15, 0.2) is 0 Å². The Kier molecular flexibility index (Phi) is 12.2. The molecule has 0 saturated heterocycles. The molecule has 0 saturated carbocycles. The van der Waals surface area contributed by atoms with Crippen LogP contribution >= 0.6 is 0 Å². The lowest BCUT2D eigenvalue weighted by Crippen LogP contribution is -2.07. The summed E-state index contributed by atoms with van der Waals surface area (Å²) in [6.07, 6.45) is 5.80. The number of unbranched alkanes of at least 4 members (excludes halogenated alkanes) is 4. The molecule has 308 valence electrons. The third kappa shape index (κ3) is 8.60. The Morgan fingerprint density at radius 3 is 1.25 bits per heavy atom. The van der Waals surface area contributed by atoms with Crippen molar-refractivity contribution in [3.8, 4) is 22.3 Å². The number of ether oxygens (including phenoxy) is 2. The highest BCUT2D eigenvalue weighted by atomic mass is 32.2. The summed E-state index contributed by atoms with van der Waals surface area (Å²) < 4.78 is 38.4. The molecule has 8 rings (SSSR count). The highest BCUT2D eigenvalue weighted by Gasteiger charge is 2.28. The van der Waals surface area contributed by atoms with E-state index in [2.05, 4.69) is 24.7 Å². The van der Waals surface area contributed by atoms with Crippen molar-refractivity contribution in [2.75, 3.05) is 24.1 Å². The third-order valence-electron chi connectivity index (χ3n) is 10.9. The second-order valence-electron chi connectivity index (χ2n) is 15.0. The van der Waals surface area contributed by atoms with Gasteiger partial charge in [-0.15, -0.1) is 0 Å². The number of hydrogen-bond donors (Lipinski definition) is 2. The molecule has 61 heavy (non-hydrogen) atoms. The van der Waals surface area contributed by atoms with E-state index in [1.54, 1.807) is 60.7 Å². The number of nitrogens with one attached hydrogen (secondary N) is 2. The molecule has 0 aromatic heterocycles. The van der Waals surface area contributed by atoms with E-state index in [0.717, 1.165) is 94.5 Å². The first kappa shape index (κ1) is 40.9. The number of hydrazone groups is 2. The van der Waals surface area contributed by atoms with Gasteiger partial charge in [0.1, 0.15) is 0 Å². The molecule has 0 unspecified atom stereocenters. The van der Waals surface area contributed by atoms with Crippen molar-refractivity contribution >= 4 is 44.6 Å². The fourth-order valence-electron chi connectivity index (χ4n) is 7.58. The zero-order valence-electron chi connectivity index (χ0n) is 34.1. The van der Waals surface area contributed by atoms with Crippen molar-refractivity contribution in [2.24, 2.45) is 10.2 Å². The lowest BCUT2D eigenvalue weighted by atomic mass is 10.0.